The van der Waals surface area contributed by atoms with Crippen molar-refractivity contribution in [2.75, 3.05) is 0 Å². The van der Waals surface area contributed by atoms with Gasteiger partial charge >= 0.3 is 0 Å². The second-order valence-electron chi connectivity index (χ2n) is 4.17. The van der Waals surface area contributed by atoms with Gasteiger partial charge in [0.1, 0.15) is 5.82 Å². The Morgan fingerprint density at radius 1 is 1.43 bits per heavy atom. The highest BCUT2D eigenvalue weighted by molar-refractivity contribution is 7.71. The smallest absolute Gasteiger partial charge is 0.195 e. The maximum absolute atomic E-state index is 5.20. The number of aromatic amines is 1. The molecule has 0 spiro atoms. The Bertz CT molecular complexity index is 337. The predicted octanol–water partition coefficient (Wildman–Crippen LogP) is 3.11. The van der Waals surface area contributed by atoms with Crippen LogP contribution in [0.2, 0.25) is 0 Å². The number of nitrogens with zero attached hydrogens (tertiary/aromatic N) is 2. The zero-order chi connectivity index (χ0) is 10.7. The van der Waals surface area contributed by atoms with Crippen molar-refractivity contribution in [1.82, 2.24) is 14.8 Å². The largest absolute Gasteiger partial charge is 0.304 e. The summed E-state index contributed by atoms with van der Waals surface area (Å²) in [7, 11) is 0. The van der Waals surface area contributed by atoms with Gasteiger partial charge in [-0.3, -0.25) is 5.10 Å². The van der Waals surface area contributed by atoms with E-state index < -0.39 is 0 Å². The quantitative estimate of drug-likeness (QED) is 0.780. The van der Waals surface area contributed by atoms with Crippen LogP contribution >= 0.6 is 12.2 Å². The maximum atomic E-state index is 5.20. The van der Waals surface area contributed by atoms with E-state index in [1.807, 2.05) is 0 Å². The first-order chi connectivity index (χ1) is 6.56. The summed E-state index contributed by atoms with van der Waals surface area (Å²) in [4.78, 5) is 0. The van der Waals surface area contributed by atoms with Crippen molar-refractivity contribution < 1.29 is 0 Å². The molecule has 1 atom stereocenters. The number of rotatable bonds is 4. The zero-order valence-corrected chi connectivity index (χ0v) is 10.2. The van der Waals surface area contributed by atoms with Crippen molar-refractivity contribution in [3.63, 3.8) is 0 Å². The number of nitrogens with one attached hydrogen (secondary N) is 1. The molecule has 0 fully saturated rings. The maximum Gasteiger partial charge on any atom is 0.195 e. The van der Waals surface area contributed by atoms with E-state index in [-0.39, 0.29) is 0 Å². The van der Waals surface area contributed by atoms with Crippen molar-refractivity contribution in [2.24, 2.45) is 5.92 Å². The van der Waals surface area contributed by atoms with Crippen LogP contribution in [-0.4, -0.2) is 14.8 Å². The van der Waals surface area contributed by atoms with E-state index in [2.05, 4.69) is 42.5 Å². The van der Waals surface area contributed by atoms with E-state index in [9.17, 15) is 0 Å². The van der Waals surface area contributed by atoms with Gasteiger partial charge in [-0.2, -0.15) is 5.10 Å². The molecule has 1 aromatic heterocycles. The van der Waals surface area contributed by atoms with Crippen molar-refractivity contribution in [1.29, 1.82) is 0 Å². The van der Waals surface area contributed by atoms with E-state index in [4.69, 9.17) is 12.2 Å². The lowest BCUT2D eigenvalue weighted by atomic mass is 10.1. The van der Waals surface area contributed by atoms with Crippen LogP contribution < -0.4 is 0 Å². The molecule has 0 radical (unpaired) electrons. The van der Waals surface area contributed by atoms with Gasteiger partial charge in [-0.1, -0.05) is 34.1 Å². The summed E-state index contributed by atoms with van der Waals surface area (Å²) in [6.07, 6.45) is 1.17. The molecule has 0 saturated heterocycles. The third kappa shape index (κ3) is 2.44. The van der Waals surface area contributed by atoms with Gasteiger partial charge in [0, 0.05) is 12.5 Å². The lowest BCUT2D eigenvalue weighted by Gasteiger charge is -2.13. The van der Waals surface area contributed by atoms with E-state index in [1.165, 1.54) is 6.42 Å². The fourth-order valence-electron chi connectivity index (χ4n) is 1.39. The summed E-state index contributed by atoms with van der Waals surface area (Å²) in [5, 5.41) is 7.11. The number of hydrogen-bond donors (Lipinski definition) is 1. The van der Waals surface area contributed by atoms with Crippen LogP contribution in [0.1, 0.15) is 45.9 Å². The molecule has 0 aliphatic heterocycles. The zero-order valence-electron chi connectivity index (χ0n) is 9.37. The van der Waals surface area contributed by atoms with Gasteiger partial charge in [0.05, 0.1) is 0 Å². The van der Waals surface area contributed by atoms with Gasteiger partial charge < -0.3 is 4.57 Å². The average Bonchev–Trinajstić information content (AvgIpc) is 2.48. The molecular weight excluding hydrogens is 194 g/mol. The highest BCUT2D eigenvalue weighted by atomic mass is 32.1. The van der Waals surface area contributed by atoms with Crippen LogP contribution in [0, 0.1) is 10.7 Å². The van der Waals surface area contributed by atoms with Gasteiger partial charge in [-0.15, -0.1) is 0 Å². The Kier molecular flexibility index (Phi) is 3.86. The molecule has 0 aliphatic rings. The van der Waals surface area contributed by atoms with E-state index in [0.717, 1.165) is 17.1 Å². The Labute approximate surface area is 90.5 Å². The molecule has 80 valence electrons. The summed E-state index contributed by atoms with van der Waals surface area (Å²) < 4.78 is 2.86. The molecule has 0 aromatic carbocycles. The van der Waals surface area contributed by atoms with Gasteiger partial charge in [0.2, 0.25) is 0 Å². The van der Waals surface area contributed by atoms with Crippen LogP contribution in [0.3, 0.4) is 0 Å². The monoisotopic (exact) mass is 213 g/mol. The van der Waals surface area contributed by atoms with Crippen molar-refractivity contribution in [3.8, 4) is 0 Å². The molecule has 0 amide bonds. The average molecular weight is 213 g/mol. The Balaban J connectivity index is 2.94. The molecule has 0 aliphatic carbocycles. The first-order valence-electron chi connectivity index (χ1n) is 5.21. The Morgan fingerprint density at radius 2 is 2.07 bits per heavy atom. The van der Waals surface area contributed by atoms with Crippen molar-refractivity contribution in [3.05, 3.63) is 10.6 Å². The summed E-state index contributed by atoms with van der Waals surface area (Å²) >= 11 is 5.20. The second-order valence-corrected chi connectivity index (χ2v) is 4.55. The van der Waals surface area contributed by atoms with Crippen LogP contribution in [-0.2, 0) is 6.54 Å². The van der Waals surface area contributed by atoms with E-state index in [1.54, 1.807) is 0 Å². The summed E-state index contributed by atoms with van der Waals surface area (Å²) in [6.45, 7) is 9.68. The lowest BCUT2D eigenvalue weighted by molar-refractivity contribution is 0.449. The third-order valence-electron chi connectivity index (χ3n) is 2.50. The molecule has 14 heavy (non-hydrogen) atoms. The topological polar surface area (TPSA) is 33.6 Å². The standard InChI is InChI=1S/C10H19N3S/c1-5-8(4)6-13-9(7(2)3)11-12-10(13)14/h7-8H,5-6H2,1-4H3,(H,12,14). The first kappa shape index (κ1) is 11.4. The number of H-pyrrole nitrogens is 1. The predicted molar refractivity (Wildman–Crippen MR) is 61.0 cm³/mol. The highest BCUT2D eigenvalue weighted by Crippen LogP contribution is 2.14. The third-order valence-corrected chi connectivity index (χ3v) is 2.81. The SMILES string of the molecule is CCC(C)Cn1c(C(C)C)n[nH]c1=S. The van der Waals surface area contributed by atoms with Gasteiger partial charge in [-0.25, -0.2) is 0 Å². The van der Waals surface area contributed by atoms with Gasteiger partial charge in [0.25, 0.3) is 0 Å². The Hall–Kier alpha value is -0.640. The Morgan fingerprint density at radius 3 is 2.57 bits per heavy atom. The van der Waals surface area contributed by atoms with Crippen LogP contribution in [0.25, 0.3) is 0 Å². The van der Waals surface area contributed by atoms with E-state index in [0.29, 0.717) is 11.8 Å². The minimum atomic E-state index is 0.423. The fraction of sp³-hybridized carbons (Fsp3) is 0.800. The number of aromatic nitrogens is 3. The lowest BCUT2D eigenvalue weighted by Crippen LogP contribution is -2.11. The summed E-state index contributed by atoms with van der Waals surface area (Å²) in [5.74, 6) is 2.14. The van der Waals surface area contributed by atoms with Gasteiger partial charge in [0.15, 0.2) is 4.77 Å². The minimum absolute atomic E-state index is 0.423. The van der Waals surface area contributed by atoms with Crippen LogP contribution in [0.15, 0.2) is 0 Å². The molecule has 0 saturated carbocycles. The molecule has 1 heterocycles. The molecule has 1 unspecified atom stereocenters. The summed E-state index contributed by atoms with van der Waals surface area (Å²) in [5.41, 5.74) is 0. The minimum Gasteiger partial charge on any atom is -0.304 e. The van der Waals surface area contributed by atoms with Crippen molar-refractivity contribution >= 4 is 12.2 Å². The van der Waals surface area contributed by atoms with Crippen LogP contribution in [0.4, 0.5) is 0 Å². The molecule has 3 nitrogen and oxygen atoms in total. The molecule has 1 N–H and O–H groups in total. The first-order valence-corrected chi connectivity index (χ1v) is 5.62. The molecule has 4 heteroatoms. The second kappa shape index (κ2) is 4.73. The van der Waals surface area contributed by atoms with Crippen molar-refractivity contribution in [2.45, 2.75) is 46.6 Å². The summed E-state index contributed by atoms with van der Waals surface area (Å²) in [6, 6.07) is 0. The molecule has 1 aromatic rings. The number of hydrogen-bond acceptors (Lipinski definition) is 2. The normalized spacial score (nSPS) is 13.5. The molecule has 0 bridgehead atoms. The van der Waals surface area contributed by atoms with Gasteiger partial charge in [-0.05, 0) is 18.1 Å². The van der Waals surface area contributed by atoms with Crippen LogP contribution in [0.5, 0.6) is 0 Å². The fourth-order valence-corrected chi connectivity index (χ4v) is 1.60. The highest BCUT2D eigenvalue weighted by Gasteiger charge is 2.11. The molecule has 1 rings (SSSR count). The van der Waals surface area contributed by atoms with E-state index >= 15 is 0 Å². The molecular formula is C10H19N3S.